The van der Waals surface area contributed by atoms with E-state index in [1.165, 1.54) is 18.9 Å². The SMILES string of the molecule is CCOC(=O)c1ccc2c(c1)nc(SCC(=O)NC(C(=O)OC)C(C)CC)n2CC. The zero-order chi connectivity index (χ0) is 22.3. The zero-order valence-corrected chi connectivity index (χ0v) is 18.9. The van der Waals surface area contributed by atoms with Crippen LogP contribution in [0.2, 0.25) is 0 Å². The van der Waals surface area contributed by atoms with Gasteiger partial charge >= 0.3 is 11.9 Å². The Labute approximate surface area is 180 Å². The molecule has 0 aliphatic carbocycles. The minimum Gasteiger partial charge on any atom is -0.467 e. The molecule has 2 unspecified atom stereocenters. The first-order valence-electron chi connectivity index (χ1n) is 10.0. The molecule has 0 spiro atoms. The van der Waals surface area contributed by atoms with Crippen LogP contribution in [0.15, 0.2) is 23.4 Å². The van der Waals surface area contributed by atoms with Crippen LogP contribution in [0.5, 0.6) is 0 Å². The summed E-state index contributed by atoms with van der Waals surface area (Å²) in [5.41, 5.74) is 1.98. The summed E-state index contributed by atoms with van der Waals surface area (Å²) in [5.74, 6) is -1.03. The second-order valence-electron chi connectivity index (χ2n) is 6.81. The van der Waals surface area contributed by atoms with Gasteiger partial charge in [-0.15, -0.1) is 0 Å². The lowest BCUT2D eigenvalue weighted by molar-refractivity contribution is -0.146. The third-order valence-electron chi connectivity index (χ3n) is 4.86. The Kier molecular flexibility index (Phi) is 8.71. The van der Waals surface area contributed by atoms with Crippen LogP contribution in [0.25, 0.3) is 11.0 Å². The molecule has 9 heteroatoms. The van der Waals surface area contributed by atoms with E-state index in [-0.39, 0.29) is 17.6 Å². The number of thioether (sulfide) groups is 1. The highest BCUT2D eigenvalue weighted by atomic mass is 32.2. The molecule has 0 aliphatic heterocycles. The summed E-state index contributed by atoms with van der Waals surface area (Å²) >= 11 is 1.28. The average Bonchev–Trinajstić information content (AvgIpc) is 3.11. The van der Waals surface area contributed by atoms with Gasteiger partial charge in [-0.2, -0.15) is 0 Å². The van der Waals surface area contributed by atoms with Crippen LogP contribution in [0.1, 0.15) is 44.5 Å². The number of aryl methyl sites for hydroxylation is 1. The third-order valence-corrected chi connectivity index (χ3v) is 5.83. The van der Waals surface area contributed by atoms with E-state index >= 15 is 0 Å². The van der Waals surface area contributed by atoms with Gasteiger partial charge in [-0.1, -0.05) is 32.0 Å². The number of aromatic nitrogens is 2. The largest absolute Gasteiger partial charge is 0.467 e. The molecule has 1 amide bonds. The first kappa shape index (κ1) is 23.7. The van der Waals surface area contributed by atoms with Crippen molar-refractivity contribution in [3.63, 3.8) is 0 Å². The number of benzene rings is 1. The van der Waals surface area contributed by atoms with E-state index in [0.717, 1.165) is 11.9 Å². The van der Waals surface area contributed by atoms with Crippen molar-refractivity contribution in [3.8, 4) is 0 Å². The van der Waals surface area contributed by atoms with Crippen LogP contribution in [-0.4, -0.2) is 52.9 Å². The van der Waals surface area contributed by atoms with E-state index in [1.807, 2.05) is 31.4 Å². The normalized spacial score (nSPS) is 13.0. The van der Waals surface area contributed by atoms with Gasteiger partial charge in [0.05, 0.1) is 36.1 Å². The molecule has 0 fully saturated rings. The monoisotopic (exact) mass is 435 g/mol. The van der Waals surface area contributed by atoms with E-state index in [2.05, 4.69) is 10.3 Å². The van der Waals surface area contributed by atoms with Gasteiger partial charge in [-0.3, -0.25) is 4.79 Å². The molecule has 1 N–H and O–H groups in total. The van der Waals surface area contributed by atoms with Gasteiger partial charge in [-0.25, -0.2) is 14.6 Å². The Morgan fingerprint density at radius 2 is 1.97 bits per heavy atom. The summed E-state index contributed by atoms with van der Waals surface area (Å²) in [4.78, 5) is 41.0. The Morgan fingerprint density at radius 3 is 2.57 bits per heavy atom. The van der Waals surface area contributed by atoms with Crippen LogP contribution in [0.3, 0.4) is 0 Å². The molecule has 2 rings (SSSR count). The predicted octanol–water partition coefficient (Wildman–Crippen LogP) is 3.03. The van der Waals surface area contributed by atoms with Crippen molar-refractivity contribution in [2.24, 2.45) is 5.92 Å². The maximum Gasteiger partial charge on any atom is 0.338 e. The zero-order valence-electron chi connectivity index (χ0n) is 18.1. The van der Waals surface area contributed by atoms with Gasteiger partial charge in [0.2, 0.25) is 5.91 Å². The first-order chi connectivity index (χ1) is 14.4. The molecule has 1 aromatic heterocycles. The molecule has 0 aliphatic rings. The number of carbonyl (C=O) groups is 3. The minimum absolute atomic E-state index is 0.0343. The summed E-state index contributed by atoms with van der Waals surface area (Å²) < 4.78 is 11.8. The number of hydrogen-bond acceptors (Lipinski definition) is 7. The molecule has 164 valence electrons. The fraction of sp³-hybridized carbons (Fsp3) is 0.524. The van der Waals surface area contributed by atoms with Gasteiger partial charge in [0.25, 0.3) is 0 Å². The molecular weight excluding hydrogens is 406 g/mol. The van der Waals surface area contributed by atoms with Gasteiger partial charge < -0.3 is 19.4 Å². The van der Waals surface area contributed by atoms with Crippen molar-refractivity contribution in [2.45, 2.75) is 51.9 Å². The van der Waals surface area contributed by atoms with Gasteiger partial charge in [0.1, 0.15) is 6.04 Å². The summed E-state index contributed by atoms with van der Waals surface area (Å²) in [6.07, 6.45) is 0.738. The van der Waals surface area contributed by atoms with E-state index in [4.69, 9.17) is 9.47 Å². The fourth-order valence-corrected chi connectivity index (χ4v) is 3.90. The fourth-order valence-electron chi connectivity index (χ4n) is 3.01. The number of nitrogens with zero attached hydrogens (tertiary/aromatic N) is 2. The highest BCUT2D eigenvalue weighted by Crippen LogP contribution is 2.25. The number of esters is 2. The van der Waals surface area contributed by atoms with E-state index in [1.54, 1.807) is 19.1 Å². The van der Waals surface area contributed by atoms with Crippen LogP contribution in [0, 0.1) is 5.92 Å². The number of nitrogens with one attached hydrogen (secondary N) is 1. The molecule has 30 heavy (non-hydrogen) atoms. The van der Waals surface area contributed by atoms with Gasteiger partial charge in [0.15, 0.2) is 5.16 Å². The molecule has 2 atom stereocenters. The van der Waals surface area contributed by atoms with Crippen molar-refractivity contribution >= 4 is 40.6 Å². The summed E-state index contributed by atoms with van der Waals surface area (Å²) in [6.45, 7) is 8.56. The Morgan fingerprint density at radius 1 is 1.23 bits per heavy atom. The van der Waals surface area contributed by atoms with Crippen molar-refractivity contribution in [1.29, 1.82) is 0 Å². The second kappa shape index (κ2) is 11.0. The molecule has 0 saturated carbocycles. The number of rotatable bonds is 10. The number of carbonyl (C=O) groups excluding carboxylic acids is 3. The quantitative estimate of drug-likeness (QED) is 0.452. The van der Waals surface area contributed by atoms with Crippen molar-refractivity contribution in [3.05, 3.63) is 23.8 Å². The molecule has 0 radical (unpaired) electrons. The maximum absolute atomic E-state index is 12.5. The molecule has 2 aromatic rings. The predicted molar refractivity (Wildman–Crippen MR) is 115 cm³/mol. The second-order valence-corrected chi connectivity index (χ2v) is 7.75. The molecular formula is C21H29N3O5S. The summed E-state index contributed by atoms with van der Waals surface area (Å²) in [7, 11) is 1.31. The highest BCUT2D eigenvalue weighted by molar-refractivity contribution is 7.99. The number of fused-ring (bicyclic) bond motifs is 1. The molecule has 0 saturated heterocycles. The summed E-state index contributed by atoms with van der Waals surface area (Å²) in [6, 6.07) is 4.56. The first-order valence-corrected chi connectivity index (χ1v) is 11.0. The Balaban J connectivity index is 2.15. The van der Waals surface area contributed by atoms with E-state index in [9.17, 15) is 14.4 Å². The molecule has 1 aromatic carbocycles. The highest BCUT2D eigenvalue weighted by Gasteiger charge is 2.26. The number of ether oxygens (including phenoxy) is 2. The van der Waals surface area contributed by atoms with Gasteiger partial charge in [0, 0.05) is 6.54 Å². The Hall–Kier alpha value is -2.55. The van der Waals surface area contributed by atoms with Crippen LogP contribution < -0.4 is 5.32 Å². The van der Waals surface area contributed by atoms with Crippen molar-refractivity contribution in [2.75, 3.05) is 19.5 Å². The van der Waals surface area contributed by atoms with Crippen molar-refractivity contribution < 1.29 is 23.9 Å². The molecule has 8 nitrogen and oxygen atoms in total. The number of amides is 1. The smallest absolute Gasteiger partial charge is 0.338 e. The molecule has 0 bridgehead atoms. The van der Waals surface area contributed by atoms with Crippen LogP contribution in [0.4, 0.5) is 0 Å². The lowest BCUT2D eigenvalue weighted by Gasteiger charge is -2.21. The van der Waals surface area contributed by atoms with Crippen molar-refractivity contribution in [1.82, 2.24) is 14.9 Å². The lowest BCUT2D eigenvalue weighted by Crippen LogP contribution is -2.46. The number of methoxy groups -OCH3 is 1. The van der Waals surface area contributed by atoms with E-state index in [0.29, 0.717) is 29.4 Å². The van der Waals surface area contributed by atoms with Crippen LogP contribution >= 0.6 is 11.8 Å². The summed E-state index contributed by atoms with van der Waals surface area (Å²) in [5, 5.41) is 3.43. The minimum atomic E-state index is -0.676. The topological polar surface area (TPSA) is 99.5 Å². The van der Waals surface area contributed by atoms with Gasteiger partial charge in [-0.05, 0) is 38.0 Å². The average molecular weight is 436 g/mol. The Bertz CT molecular complexity index is 911. The maximum atomic E-state index is 12.5. The van der Waals surface area contributed by atoms with Crippen LogP contribution in [-0.2, 0) is 25.6 Å². The lowest BCUT2D eigenvalue weighted by atomic mass is 9.99. The number of hydrogen-bond donors (Lipinski definition) is 1. The van der Waals surface area contributed by atoms with E-state index < -0.39 is 18.0 Å². The molecule has 1 heterocycles. The third kappa shape index (κ3) is 5.53. The number of imidazole rings is 1. The standard InChI is InChI=1S/C21H29N3O5S/c1-6-13(4)18(20(27)28-5)23-17(25)12-30-21-22-15-11-14(19(26)29-8-3)9-10-16(15)24(21)7-2/h9-11,13,18H,6-8,12H2,1-5H3,(H,23,25).